The highest BCUT2D eigenvalue weighted by atomic mass is 79.9. The van der Waals surface area contributed by atoms with Crippen molar-refractivity contribution >= 4 is 15.9 Å². The molecule has 1 rings (SSSR count). The third-order valence-corrected chi connectivity index (χ3v) is 4.12. The summed E-state index contributed by atoms with van der Waals surface area (Å²) in [6.45, 7) is 6.30. The summed E-state index contributed by atoms with van der Waals surface area (Å²) in [4.78, 5) is 0. The van der Waals surface area contributed by atoms with Crippen LogP contribution in [0.25, 0.3) is 0 Å². The van der Waals surface area contributed by atoms with E-state index in [2.05, 4.69) is 29.8 Å². The molecule has 0 aromatic heterocycles. The molecule has 0 bridgehead atoms. The van der Waals surface area contributed by atoms with Crippen LogP contribution in [-0.2, 0) is 0 Å². The standard InChI is InChI=1S/C13H19BrO/c1-4-10(5-2)13(15)11-8-6-7-9(3)12(11)14/h6-8,10,13,15H,4-5H2,1-3H3. The van der Waals surface area contributed by atoms with Gasteiger partial charge in [-0.15, -0.1) is 0 Å². The van der Waals surface area contributed by atoms with E-state index in [1.165, 1.54) is 5.56 Å². The second kappa shape index (κ2) is 5.66. The van der Waals surface area contributed by atoms with Crippen molar-refractivity contribution in [2.45, 2.75) is 39.7 Å². The molecule has 0 heterocycles. The second-order valence-electron chi connectivity index (χ2n) is 4.00. The summed E-state index contributed by atoms with van der Waals surface area (Å²) in [5.74, 6) is 0.350. The lowest BCUT2D eigenvalue weighted by Crippen LogP contribution is -2.11. The van der Waals surface area contributed by atoms with Gasteiger partial charge in [-0.3, -0.25) is 0 Å². The van der Waals surface area contributed by atoms with E-state index >= 15 is 0 Å². The molecular formula is C13H19BrO. The van der Waals surface area contributed by atoms with Crippen LogP contribution in [-0.4, -0.2) is 5.11 Å². The predicted molar refractivity (Wildman–Crippen MR) is 67.9 cm³/mol. The van der Waals surface area contributed by atoms with Crippen molar-refractivity contribution in [2.24, 2.45) is 5.92 Å². The number of hydrogen-bond acceptors (Lipinski definition) is 1. The van der Waals surface area contributed by atoms with Gasteiger partial charge < -0.3 is 5.11 Å². The number of hydrogen-bond donors (Lipinski definition) is 1. The molecule has 0 amide bonds. The van der Waals surface area contributed by atoms with Crippen LogP contribution in [0.3, 0.4) is 0 Å². The normalized spacial score (nSPS) is 13.2. The number of aryl methyl sites for hydroxylation is 1. The largest absolute Gasteiger partial charge is 0.388 e. The molecule has 0 aliphatic rings. The molecule has 0 aliphatic carbocycles. The Morgan fingerprint density at radius 3 is 2.40 bits per heavy atom. The fourth-order valence-corrected chi connectivity index (χ4v) is 2.39. The van der Waals surface area contributed by atoms with Crippen LogP contribution in [0.2, 0.25) is 0 Å². The molecular weight excluding hydrogens is 252 g/mol. The van der Waals surface area contributed by atoms with Crippen LogP contribution in [0.4, 0.5) is 0 Å². The first-order valence-corrected chi connectivity index (χ1v) is 6.34. The van der Waals surface area contributed by atoms with Gasteiger partial charge in [0.2, 0.25) is 0 Å². The van der Waals surface area contributed by atoms with Gasteiger partial charge in [0, 0.05) is 4.47 Å². The number of aliphatic hydroxyl groups excluding tert-OH is 1. The van der Waals surface area contributed by atoms with Gasteiger partial charge in [-0.2, -0.15) is 0 Å². The van der Waals surface area contributed by atoms with Crippen molar-refractivity contribution in [1.82, 2.24) is 0 Å². The molecule has 0 radical (unpaired) electrons. The Balaban J connectivity index is 2.99. The third kappa shape index (κ3) is 2.82. The molecule has 0 saturated heterocycles. The predicted octanol–water partition coefficient (Wildman–Crippen LogP) is 4.23. The Morgan fingerprint density at radius 2 is 1.87 bits per heavy atom. The van der Waals surface area contributed by atoms with Crippen molar-refractivity contribution in [3.8, 4) is 0 Å². The molecule has 15 heavy (non-hydrogen) atoms. The molecule has 1 unspecified atom stereocenters. The average Bonchev–Trinajstić information content (AvgIpc) is 2.23. The van der Waals surface area contributed by atoms with Gasteiger partial charge in [-0.1, -0.05) is 60.8 Å². The highest BCUT2D eigenvalue weighted by Gasteiger charge is 2.19. The van der Waals surface area contributed by atoms with Crippen molar-refractivity contribution in [1.29, 1.82) is 0 Å². The van der Waals surface area contributed by atoms with Crippen molar-refractivity contribution < 1.29 is 5.11 Å². The maximum atomic E-state index is 10.3. The molecule has 0 fully saturated rings. The van der Waals surface area contributed by atoms with E-state index in [4.69, 9.17) is 0 Å². The van der Waals surface area contributed by atoms with Crippen LogP contribution >= 0.6 is 15.9 Å². The zero-order chi connectivity index (χ0) is 11.4. The van der Waals surface area contributed by atoms with Crippen LogP contribution in [0, 0.1) is 12.8 Å². The van der Waals surface area contributed by atoms with Gasteiger partial charge in [0.05, 0.1) is 6.10 Å². The van der Waals surface area contributed by atoms with Gasteiger partial charge >= 0.3 is 0 Å². The molecule has 1 atom stereocenters. The smallest absolute Gasteiger partial charge is 0.0828 e. The Hall–Kier alpha value is -0.340. The van der Waals surface area contributed by atoms with Gasteiger partial charge in [-0.25, -0.2) is 0 Å². The monoisotopic (exact) mass is 270 g/mol. The van der Waals surface area contributed by atoms with Crippen LogP contribution < -0.4 is 0 Å². The Bertz CT molecular complexity index is 318. The van der Waals surface area contributed by atoms with E-state index in [0.717, 1.165) is 22.9 Å². The summed E-state index contributed by atoms with van der Waals surface area (Å²) in [7, 11) is 0. The van der Waals surface area contributed by atoms with Gasteiger partial charge in [0.15, 0.2) is 0 Å². The fourth-order valence-electron chi connectivity index (χ4n) is 1.89. The number of rotatable bonds is 4. The number of benzene rings is 1. The van der Waals surface area contributed by atoms with E-state index in [-0.39, 0.29) is 6.10 Å². The van der Waals surface area contributed by atoms with Gasteiger partial charge in [0.25, 0.3) is 0 Å². The maximum absolute atomic E-state index is 10.3. The highest BCUT2D eigenvalue weighted by Crippen LogP contribution is 2.33. The van der Waals surface area contributed by atoms with E-state index < -0.39 is 0 Å². The zero-order valence-electron chi connectivity index (χ0n) is 9.63. The molecule has 2 heteroatoms. The quantitative estimate of drug-likeness (QED) is 0.869. The topological polar surface area (TPSA) is 20.2 Å². The molecule has 1 aromatic rings. The van der Waals surface area contributed by atoms with Crippen molar-refractivity contribution in [2.75, 3.05) is 0 Å². The van der Waals surface area contributed by atoms with E-state index in [1.54, 1.807) is 0 Å². The fraction of sp³-hybridized carbons (Fsp3) is 0.538. The lowest BCUT2D eigenvalue weighted by molar-refractivity contribution is 0.102. The SMILES string of the molecule is CCC(CC)C(O)c1cccc(C)c1Br. The lowest BCUT2D eigenvalue weighted by Gasteiger charge is -2.22. The minimum absolute atomic E-state index is 0.350. The average molecular weight is 271 g/mol. The summed E-state index contributed by atoms with van der Waals surface area (Å²) in [6, 6.07) is 6.05. The third-order valence-electron chi connectivity index (χ3n) is 3.04. The molecule has 1 nitrogen and oxygen atoms in total. The van der Waals surface area contributed by atoms with Gasteiger partial charge in [0.1, 0.15) is 0 Å². The Labute approximate surface area is 101 Å². The van der Waals surface area contributed by atoms with Crippen LogP contribution in [0.5, 0.6) is 0 Å². The molecule has 1 aromatic carbocycles. The molecule has 84 valence electrons. The Morgan fingerprint density at radius 1 is 1.27 bits per heavy atom. The number of halogens is 1. The summed E-state index contributed by atoms with van der Waals surface area (Å²) >= 11 is 3.55. The van der Waals surface area contributed by atoms with Gasteiger partial charge in [-0.05, 0) is 24.0 Å². The lowest BCUT2D eigenvalue weighted by atomic mass is 9.91. The molecule has 0 aliphatic heterocycles. The molecule has 0 spiro atoms. The second-order valence-corrected chi connectivity index (χ2v) is 4.79. The first-order chi connectivity index (χ1) is 7.11. The zero-order valence-corrected chi connectivity index (χ0v) is 11.2. The maximum Gasteiger partial charge on any atom is 0.0828 e. The van der Waals surface area contributed by atoms with E-state index in [1.807, 2.05) is 25.1 Å². The Kier molecular flexibility index (Phi) is 4.81. The van der Waals surface area contributed by atoms with Crippen molar-refractivity contribution in [3.63, 3.8) is 0 Å². The minimum atomic E-state index is -0.353. The summed E-state index contributed by atoms with van der Waals surface area (Å²) in [6.07, 6.45) is 1.67. The summed E-state index contributed by atoms with van der Waals surface area (Å²) < 4.78 is 1.05. The number of aliphatic hydroxyl groups is 1. The van der Waals surface area contributed by atoms with Crippen molar-refractivity contribution in [3.05, 3.63) is 33.8 Å². The van der Waals surface area contributed by atoms with Crippen LogP contribution in [0.1, 0.15) is 43.9 Å². The molecule has 0 saturated carbocycles. The summed E-state index contributed by atoms with van der Waals surface area (Å²) in [5, 5.41) is 10.3. The molecule has 1 N–H and O–H groups in total. The first kappa shape index (κ1) is 12.7. The minimum Gasteiger partial charge on any atom is -0.388 e. The summed E-state index contributed by atoms with van der Waals surface area (Å²) in [5.41, 5.74) is 2.20. The van der Waals surface area contributed by atoms with Crippen LogP contribution in [0.15, 0.2) is 22.7 Å². The highest BCUT2D eigenvalue weighted by molar-refractivity contribution is 9.10. The van der Waals surface area contributed by atoms with E-state index in [0.29, 0.717) is 5.92 Å². The van der Waals surface area contributed by atoms with E-state index in [9.17, 15) is 5.11 Å². The first-order valence-electron chi connectivity index (χ1n) is 5.54.